The number of carboxylic acid groups (broad SMARTS) is 1. The fourth-order valence-corrected chi connectivity index (χ4v) is 4.45. The number of carboxylic acids is 1. The highest BCUT2D eigenvalue weighted by molar-refractivity contribution is 5.85. The van der Waals surface area contributed by atoms with E-state index in [-0.39, 0.29) is 19.1 Å². The number of alkyl carbamates (subject to hydrolysis) is 1. The van der Waals surface area contributed by atoms with Gasteiger partial charge in [0.25, 0.3) is 5.91 Å². The first kappa shape index (κ1) is 23.7. The van der Waals surface area contributed by atoms with Gasteiger partial charge >= 0.3 is 18.0 Å². The third-order valence-corrected chi connectivity index (χ3v) is 6.39. The number of alkyl halides is 2. The van der Waals surface area contributed by atoms with E-state index in [4.69, 9.17) is 9.84 Å². The summed E-state index contributed by atoms with van der Waals surface area (Å²) in [6, 6.07) is 13.8. The molecule has 2 aromatic carbocycles. The quantitative estimate of drug-likeness (QED) is 0.578. The third-order valence-electron chi connectivity index (χ3n) is 6.39. The molecule has 0 saturated heterocycles. The number of halogens is 2. The second kappa shape index (κ2) is 9.40. The van der Waals surface area contributed by atoms with E-state index in [9.17, 15) is 14.4 Å². The molecule has 0 bridgehead atoms. The number of nitrogens with zero attached hydrogens (tertiary/aromatic N) is 1. The number of benzene rings is 2. The van der Waals surface area contributed by atoms with Crippen LogP contribution < -0.4 is 5.32 Å². The molecule has 0 aromatic heterocycles. The van der Waals surface area contributed by atoms with Gasteiger partial charge in [-0.05, 0) is 41.0 Å². The van der Waals surface area contributed by atoms with Gasteiger partial charge in [-0.1, -0.05) is 48.5 Å². The number of carbonyl (C=O) groups is 3. The number of fused-ring (bicyclic) bond motifs is 3. The summed E-state index contributed by atoms with van der Waals surface area (Å²) in [5.74, 6) is -7.38. The molecule has 9 heteroatoms. The number of ether oxygens (including phenoxy) is 1. The minimum atomic E-state index is -3.89. The van der Waals surface area contributed by atoms with Crippen LogP contribution in [-0.4, -0.2) is 60.1 Å². The second-order valence-electron chi connectivity index (χ2n) is 8.78. The maximum absolute atomic E-state index is 15.0. The van der Waals surface area contributed by atoms with Gasteiger partial charge in [0.2, 0.25) is 0 Å². The van der Waals surface area contributed by atoms with E-state index in [0.29, 0.717) is 17.7 Å². The summed E-state index contributed by atoms with van der Waals surface area (Å²) in [6.07, 6.45) is -0.558. The molecule has 0 heterocycles. The summed E-state index contributed by atoms with van der Waals surface area (Å²) in [5, 5.41) is 11.0. The maximum atomic E-state index is 15.0. The van der Waals surface area contributed by atoms with Gasteiger partial charge in [-0.25, -0.2) is 4.79 Å². The lowest BCUT2D eigenvalue weighted by Crippen LogP contribution is -2.57. The van der Waals surface area contributed by atoms with Crippen molar-refractivity contribution in [3.63, 3.8) is 0 Å². The molecule has 1 unspecified atom stereocenters. The molecule has 2 aromatic rings. The molecule has 7 nitrogen and oxygen atoms in total. The van der Waals surface area contributed by atoms with Gasteiger partial charge < -0.3 is 20.1 Å². The number of nitrogens with one attached hydrogen (secondary N) is 1. The minimum Gasteiger partial charge on any atom is -0.481 e. The Morgan fingerprint density at radius 1 is 1.09 bits per heavy atom. The lowest BCUT2D eigenvalue weighted by atomic mass is 9.98. The normalized spacial score (nSPS) is 15.7. The summed E-state index contributed by atoms with van der Waals surface area (Å²) in [6.45, 7) is -0.388. The lowest BCUT2D eigenvalue weighted by molar-refractivity contribution is -0.161. The van der Waals surface area contributed by atoms with Crippen molar-refractivity contribution in [1.29, 1.82) is 0 Å². The molecule has 1 atom stereocenters. The van der Waals surface area contributed by atoms with Crippen molar-refractivity contribution >= 4 is 18.0 Å². The van der Waals surface area contributed by atoms with Gasteiger partial charge in [0.1, 0.15) is 12.6 Å². The Balaban J connectivity index is 1.42. The Labute approximate surface area is 195 Å². The molecule has 0 radical (unpaired) electrons. The fourth-order valence-electron chi connectivity index (χ4n) is 4.45. The Bertz CT molecular complexity index is 1060. The van der Waals surface area contributed by atoms with Crippen molar-refractivity contribution < 1.29 is 33.0 Å². The first-order valence-electron chi connectivity index (χ1n) is 11.2. The molecule has 0 aliphatic heterocycles. The average Bonchev–Trinajstić information content (AvgIpc) is 3.61. The summed E-state index contributed by atoms with van der Waals surface area (Å²) >= 11 is 0. The zero-order valence-electron chi connectivity index (χ0n) is 18.7. The Morgan fingerprint density at radius 3 is 2.18 bits per heavy atom. The third kappa shape index (κ3) is 4.73. The number of carbonyl (C=O) groups excluding carboxylic acids is 2. The second-order valence-corrected chi connectivity index (χ2v) is 8.78. The predicted octanol–water partition coefficient (Wildman–Crippen LogP) is 3.87. The van der Waals surface area contributed by atoms with Crippen LogP contribution in [0.4, 0.5) is 13.6 Å². The number of aliphatic carboxylic acids is 1. The van der Waals surface area contributed by atoms with Crippen molar-refractivity contribution in [2.75, 3.05) is 20.2 Å². The zero-order valence-corrected chi connectivity index (χ0v) is 18.7. The predicted molar refractivity (Wildman–Crippen MR) is 120 cm³/mol. The van der Waals surface area contributed by atoms with Crippen LogP contribution in [0.25, 0.3) is 11.1 Å². The first-order valence-corrected chi connectivity index (χ1v) is 11.2. The van der Waals surface area contributed by atoms with E-state index < -0.39 is 42.3 Å². The van der Waals surface area contributed by atoms with Crippen LogP contribution in [0.1, 0.15) is 36.3 Å². The number of amides is 2. The summed E-state index contributed by atoms with van der Waals surface area (Å²) < 4.78 is 35.4. The molecule has 0 spiro atoms. The van der Waals surface area contributed by atoms with Crippen LogP contribution in [0.15, 0.2) is 48.5 Å². The van der Waals surface area contributed by atoms with Gasteiger partial charge in [0, 0.05) is 19.5 Å². The zero-order chi connectivity index (χ0) is 24.5. The van der Waals surface area contributed by atoms with Gasteiger partial charge in [0.05, 0.1) is 6.42 Å². The first-order chi connectivity index (χ1) is 16.2. The van der Waals surface area contributed by atoms with E-state index in [1.165, 1.54) is 0 Å². The molecule has 180 valence electrons. The SMILES string of the molecule is CN(CCC(=O)O)C(=O)C(F)(F)C(NC(=O)OCC1c2ccccc2-c2ccccc21)C1CC1. The van der Waals surface area contributed by atoms with Crippen molar-refractivity contribution in [2.24, 2.45) is 5.92 Å². The Morgan fingerprint density at radius 2 is 1.65 bits per heavy atom. The molecule has 2 aliphatic rings. The number of hydrogen-bond acceptors (Lipinski definition) is 4. The van der Waals surface area contributed by atoms with Crippen LogP contribution in [-0.2, 0) is 14.3 Å². The topological polar surface area (TPSA) is 95.9 Å². The van der Waals surface area contributed by atoms with E-state index in [2.05, 4.69) is 5.32 Å². The highest BCUT2D eigenvalue weighted by Gasteiger charge is 2.55. The van der Waals surface area contributed by atoms with Crippen LogP contribution in [0.2, 0.25) is 0 Å². The Kier molecular flexibility index (Phi) is 6.54. The van der Waals surface area contributed by atoms with Gasteiger partial charge in [-0.2, -0.15) is 8.78 Å². The minimum absolute atomic E-state index is 0.0325. The van der Waals surface area contributed by atoms with Crippen molar-refractivity contribution in [1.82, 2.24) is 10.2 Å². The molecule has 2 amide bonds. The van der Waals surface area contributed by atoms with E-state index in [1.54, 1.807) is 0 Å². The molecule has 34 heavy (non-hydrogen) atoms. The molecular formula is C25H26F2N2O5. The van der Waals surface area contributed by atoms with Crippen molar-refractivity contribution in [3.8, 4) is 11.1 Å². The maximum Gasteiger partial charge on any atom is 0.407 e. The molecule has 1 saturated carbocycles. The van der Waals surface area contributed by atoms with Crippen molar-refractivity contribution in [3.05, 3.63) is 59.7 Å². The summed E-state index contributed by atoms with van der Waals surface area (Å²) in [5.41, 5.74) is 4.08. The Hall–Kier alpha value is -3.49. The fraction of sp³-hybridized carbons (Fsp3) is 0.400. The van der Waals surface area contributed by atoms with Crippen LogP contribution in [0.5, 0.6) is 0 Å². The van der Waals surface area contributed by atoms with E-state index in [1.807, 2.05) is 48.5 Å². The van der Waals surface area contributed by atoms with E-state index >= 15 is 8.78 Å². The highest BCUT2D eigenvalue weighted by atomic mass is 19.3. The van der Waals surface area contributed by atoms with Gasteiger partial charge in [0.15, 0.2) is 0 Å². The summed E-state index contributed by atoms with van der Waals surface area (Å²) in [7, 11) is 1.12. The molecule has 4 rings (SSSR count). The van der Waals surface area contributed by atoms with Crippen molar-refractivity contribution in [2.45, 2.75) is 37.1 Å². The van der Waals surface area contributed by atoms with Crippen LogP contribution in [0, 0.1) is 5.92 Å². The molecule has 1 fully saturated rings. The van der Waals surface area contributed by atoms with Gasteiger partial charge in [-0.15, -0.1) is 0 Å². The monoisotopic (exact) mass is 472 g/mol. The number of hydrogen-bond donors (Lipinski definition) is 2. The standard InChI is InChI=1S/C25H26F2N2O5/c1-29(13-12-21(30)31)23(32)25(26,27)22(15-10-11-15)28-24(33)34-14-20-18-8-4-2-6-16(18)17-7-3-5-9-19(17)20/h2-9,15,20,22H,10-14H2,1H3,(H,28,33)(H,30,31). The highest BCUT2D eigenvalue weighted by Crippen LogP contribution is 2.44. The summed E-state index contributed by atoms with van der Waals surface area (Å²) in [4.78, 5) is 36.3. The molecule has 2 N–H and O–H groups in total. The van der Waals surface area contributed by atoms with E-state index in [0.717, 1.165) is 29.3 Å². The number of rotatable bonds is 9. The largest absolute Gasteiger partial charge is 0.481 e. The van der Waals surface area contributed by atoms with Crippen LogP contribution in [0.3, 0.4) is 0 Å². The smallest absolute Gasteiger partial charge is 0.407 e. The van der Waals surface area contributed by atoms with Gasteiger partial charge in [-0.3, -0.25) is 9.59 Å². The molecule has 2 aliphatic carbocycles. The lowest BCUT2D eigenvalue weighted by Gasteiger charge is -2.30. The molecular weight excluding hydrogens is 446 g/mol. The average molecular weight is 472 g/mol. The van der Waals surface area contributed by atoms with Crippen LogP contribution >= 0.6 is 0 Å².